The predicted molar refractivity (Wildman–Crippen MR) is 125 cm³/mol. The number of hydrogen-bond donors (Lipinski definition) is 1. The second-order valence-corrected chi connectivity index (χ2v) is 11.2. The zero-order valence-electron chi connectivity index (χ0n) is 21.5. The molecule has 1 N–H and O–H groups in total. The number of carbonyl (C=O) groups excluding carboxylic acids is 3. The first-order valence-corrected chi connectivity index (χ1v) is 12.4. The molecule has 2 aromatic heterocycles. The summed E-state index contributed by atoms with van der Waals surface area (Å²) < 4.78 is 35.2. The van der Waals surface area contributed by atoms with Crippen molar-refractivity contribution in [2.45, 2.75) is 89.0 Å². The quantitative estimate of drug-likeness (QED) is 0.463. The fourth-order valence-corrected chi connectivity index (χ4v) is 6.94. The Bertz CT molecular complexity index is 1180. The van der Waals surface area contributed by atoms with Gasteiger partial charge in [0, 0.05) is 12.8 Å². The van der Waals surface area contributed by atoms with Crippen LogP contribution in [0.4, 0.5) is 0 Å². The normalized spacial score (nSPS) is 37.9. The molecule has 1 saturated heterocycles. The summed E-state index contributed by atoms with van der Waals surface area (Å²) in [6, 6.07) is 6.14. The van der Waals surface area contributed by atoms with E-state index in [4.69, 9.17) is 27.8 Å². The lowest BCUT2D eigenvalue weighted by Gasteiger charge is -2.64. The van der Waals surface area contributed by atoms with E-state index < -0.39 is 64.4 Å². The molecule has 10 heteroatoms. The van der Waals surface area contributed by atoms with Gasteiger partial charge in [-0.3, -0.25) is 4.79 Å². The van der Waals surface area contributed by atoms with Crippen LogP contribution in [0.1, 0.15) is 75.0 Å². The molecule has 1 spiro atoms. The van der Waals surface area contributed by atoms with Gasteiger partial charge in [0.25, 0.3) is 0 Å². The standard InChI is InChI=1S/C27H32O10/c1-15(28)34-19-10-11-25(4,31)27-21(36-23(30)18-9-7-13-33-18)16(24(2,3)37-27)14-20(26(19,27)5)35-22(29)17-8-6-12-32-17/h6-9,12-13,16,19-21,31H,10-11,14H2,1-5H3/t16?,19-,20-,21+,25-,26-,27?/m0/s1. The van der Waals surface area contributed by atoms with Crippen LogP contribution in [0.15, 0.2) is 45.6 Å². The average Bonchev–Trinajstić information content (AvgIpc) is 3.55. The van der Waals surface area contributed by atoms with Crippen LogP contribution in [-0.2, 0) is 23.7 Å². The summed E-state index contributed by atoms with van der Waals surface area (Å²) in [4.78, 5) is 38.4. The average molecular weight is 517 g/mol. The summed E-state index contributed by atoms with van der Waals surface area (Å²) in [5.74, 6) is -2.38. The van der Waals surface area contributed by atoms with E-state index in [9.17, 15) is 19.5 Å². The molecule has 2 aromatic rings. The minimum atomic E-state index is -1.60. The molecule has 3 aliphatic rings. The molecule has 5 rings (SSSR count). The van der Waals surface area contributed by atoms with E-state index >= 15 is 0 Å². The topological polar surface area (TPSA) is 135 Å². The van der Waals surface area contributed by atoms with Gasteiger partial charge >= 0.3 is 17.9 Å². The van der Waals surface area contributed by atoms with Crippen molar-refractivity contribution in [3.05, 3.63) is 48.3 Å². The smallest absolute Gasteiger partial charge is 0.374 e. The molecule has 0 radical (unpaired) electrons. The molecule has 2 unspecified atom stereocenters. The van der Waals surface area contributed by atoms with Gasteiger partial charge in [0.15, 0.2) is 0 Å². The third kappa shape index (κ3) is 3.64. The number of ether oxygens (including phenoxy) is 4. The Hall–Kier alpha value is -3.11. The van der Waals surface area contributed by atoms with E-state index in [0.29, 0.717) is 0 Å². The van der Waals surface area contributed by atoms with Gasteiger partial charge in [-0.25, -0.2) is 9.59 Å². The van der Waals surface area contributed by atoms with Gasteiger partial charge in [-0.1, -0.05) is 0 Å². The fraction of sp³-hybridized carbons (Fsp3) is 0.593. The predicted octanol–water partition coefficient (Wildman–Crippen LogP) is 3.67. The van der Waals surface area contributed by atoms with Crippen LogP contribution in [0.2, 0.25) is 0 Å². The lowest BCUT2D eigenvalue weighted by Crippen LogP contribution is -2.79. The summed E-state index contributed by atoms with van der Waals surface area (Å²) >= 11 is 0. The van der Waals surface area contributed by atoms with Gasteiger partial charge in [-0.05, 0) is 71.2 Å². The highest BCUT2D eigenvalue weighted by Gasteiger charge is 2.82. The van der Waals surface area contributed by atoms with E-state index in [-0.39, 0.29) is 30.8 Å². The summed E-state index contributed by atoms with van der Waals surface area (Å²) in [6.45, 7) is 8.38. The van der Waals surface area contributed by atoms with Crippen molar-refractivity contribution in [1.29, 1.82) is 0 Å². The Kier molecular flexibility index (Phi) is 5.84. The SMILES string of the molecule is CC(=O)O[C@H]1CC[C@](C)(O)C23OC(C)(C)C(C[C@H](OC(=O)c4ccco4)[C@]12C)[C@H]3OC(=O)c1ccco1. The third-order valence-electron chi connectivity index (χ3n) is 8.62. The molecule has 3 fully saturated rings. The first-order chi connectivity index (χ1) is 17.3. The molecule has 2 aliphatic carbocycles. The number of rotatable bonds is 5. The molecule has 0 amide bonds. The van der Waals surface area contributed by atoms with Crippen molar-refractivity contribution in [3.8, 4) is 0 Å². The molecule has 0 aromatic carbocycles. The molecule has 1 aliphatic heterocycles. The van der Waals surface area contributed by atoms with Crippen molar-refractivity contribution < 1.29 is 47.3 Å². The van der Waals surface area contributed by atoms with Gasteiger partial charge in [0.05, 0.1) is 29.1 Å². The maximum atomic E-state index is 13.1. The molecule has 200 valence electrons. The van der Waals surface area contributed by atoms with Crippen LogP contribution < -0.4 is 0 Å². The maximum Gasteiger partial charge on any atom is 0.374 e. The molecular weight excluding hydrogens is 484 g/mol. The number of furan rings is 2. The third-order valence-corrected chi connectivity index (χ3v) is 8.62. The van der Waals surface area contributed by atoms with Crippen LogP contribution >= 0.6 is 0 Å². The summed E-state index contributed by atoms with van der Waals surface area (Å²) in [7, 11) is 0. The largest absolute Gasteiger partial charge is 0.462 e. The zero-order valence-corrected chi connectivity index (χ0v) is 21.5. The monoisotopic (exact) mass is 516 g/mol. The fourth-order valence-electron chi connectivity index (χ4n) is 6.94. The van der Waals surface area contributed by atoms with E-state index in [1.54, 1.807) is 26.0 Å². The first-order valence-electron chi connectivity index (χ1n) is 12.4. The summed E-state index contributed by atoms with van der Waals surface area (Å²) in [6.07, 6.45) is 0.800. The van der Waals surface area contributed by atoms with Gasteiger partial charge in [0.1, 0.15) is 23.9 Å². The molecule has 37 heavy (non-hydrogen) atoms. The minimum absolute atomic E-state index is 0.00803. The number of aliphatic hydroxyl groups is 1. The number of hydrogen-bond acceptors (Lipinski definition) is 10. The summed E-state index contributed by atoms with van der Waals surface area (Å²) in [5, 5.41) is 12.0. The minimum Gasteiger partial charge on any atom is -0.462 e. The van der Waals surface area contributed by atoms with Crippen LogP contribution in [0.25, 0.3) is 0 Å². The molecular formula is C27H32O10. The summed E-state index contributed by atoms with van der Waals surface area (Å²) in [5.41, 5.74) is -5.35. The van der Waals surface area contributed by atoms with E-state index in [0.717, 1.165) is 0 Å². The molecule has 3 heterocycles. The number of carbonyl (C=O) groups is 3. The lowest BCUT2D eigenvalue weighted by atomic mass is 9.47. The number of esters is 3. The highest BCUT2D eigenvalue weighted by atomic mass is 16.6. The highest BCUT2D eigenvalue weighted by molar-refractivity contribution is 5.87. The first kappa shape index (κ1) is 25.5. The van der Waals surface area contributed by atoms with E-state index in [2.05, 4.69) is 0 Å². The van der Waals surface area contributed by atoms with Crippen LogP contribution in [0.5, 0.6) is 0 Å². The van der Waals surface area contributed by atoms with Crippen molar-refractivity contribution in [2.24, 2.45) is 11.3 Å². The van der Waals surface area contributed by atoms with Crippen molar-refractivity contribution >= 4 is 17.9 Å². The Labute approximate surface area is 214 Å². The number of fused-ring (bicyclic) bond motifs is 1. The Morgan fingerprint density at radius 1 is 0.919 bits per heavy atom. The molecule has 7 atom stereocenters. The van der Waals surface area contributed by atoms with Crippen LogP contribution in [0.3, 0.4) is 0 Å². The van der Waals surface area contributed by atoms with E-state index in [1.807, 2.05) is 13.8 Å². The second kappa shape index (κ2) is 8.46. The Balaban J connectivity index is 1.65. The van der Waals surface area contributed by atoms with Crippen molar-refractivity contribution in [2.75, 3.05) is 0 Å². The lowest BCUT2D eigenvalue weighted by molar-refractivity contribution is -0.326. The van der Waals surface area contributed by atoms with Crippen LogP contribution in [0, 0.1) is 11.3 Å². The highest BCUT2D eigenvalue weighted by Crippen LogP contribution is 2.68. The Morgan fingerprint density at radius 2 is 1.51 bits per heavy atom. The van der Waals surface area contributed by atoms with E-state index in [1.165, 1.54) is 31.6 Å². The second-order valence-electron chi connectivity index (χ2n) is 11.2. The van der Waals surface area contributed by atoms with Crippen molar-refractivity contribution in [3.63, 3.8) is 0 Å². The molecule has 2 bridgehead atoms. The van der Waals surface area contributed by atoms with Gasteiger partial charge in [-0.2, -0.15) is 0 Å². The molecule has 10 nitrogen and oxygen atoms in total. The Morgan fingerprint density at radius 3 is 2.05 bits per heavy atom. The van der Waals surface area contributed by atoms with Crippen molar-refractivity contribution in [1.82, 2.24) is 0 Å². The van der Waals surface area contributed by atoms with Gasteiger partial charge in [-0.15, -0.1) is 0 Å². The van der Waals surface area contributed by atoms with Gasteiger partial charge < -0.3 is 32.9 Å². The molecule has 2 saturated carbocycles. The maximum absolute atomic E-state index is 13.1. The van der Waals surface area contributed by atoms with Crippen LogP contribution in [-0.4, -0.2) is 58.1 Å². The van der Waals surface area contributed by atoms with Gasteiger partial charge in [0.2, 0.25) is 11.5 Å². The zero-order chi connectivity index (χ0) is 26.8.